The second-order valence-electron chi connectivity index (χ2n) is 1.72. The van der Waals surface area contributed by atoms with Gasteiger partial charge in [-0.2, -0.15) is 4.39 Å². The Labute approximate surface area is 60.6 Å². The zero-order chi connectivity index (χ0) is 7.72. The highest BCUT2D eigenvalue weighted by Crippen LogP contribution is 2.11. The van der Waals surface area contributed by atoms with Crippen LogP contribution < -0.4 is 11.3 Å². The highest BCUT2D eigenvalue weighted by Gasteiger charge is 2.02. The van der Waals surface area contributed by atoms with Gasteiger partial charge in [0.05, 0.1) is 5.69 Å². The van der Waals surface area contributed by atoms with Gasteiger partial charge in [-0.25, -0.2) is 0 Å². The lowest BCUT2D eigenvalue weighted by molar-refractivity contribution is 0.580. The number of aromatic amines is 1. The summed E-state index contributed by atoms with van der Waals surface area (Å²) in [5.41, 5.74) is 4.37. The van der Waals surface area contributed by atoms with Crippen LogP contribution in [0.5, 0.6) is 0 Å². The molecule has 1 aromatic rings. The normalized spacial score (nSPS) is 9.80. The van der Waals surface area contributed by atoms with E-state index in [4.69, 9.17) is 17.3 Å². The average Bonchev–Trinajstić information content (AvgIpc) is 1.82. The highest BCUT2D eigenvalue weighted by molar-refractivity contribution is 6.32. The zero-order valence-electron chi connectivity index (χ0n) is 4.82. The van der Waals surface area contributed by atoms with Crippen molar-refractivity contribution in [3.05, 3.63) is 27.4 Å². The maximum atomic E-state index is 12.2. The van der Waals surface area contributed by atoms with E-state index in [0.717, 1.165) is 6.07 Å². The monoisotopic (exact) mass is 162 g/mol. The van der Waals surface area contributed by atoms with Gasteiger partial charge in [0.1, 0.15) is 5.02 Å². The molecule has 0 aliphatic heterocycles. The molecule has 1 aromatic heterocycles. The van der Waals surface area contributed by atoms with Gasteiger partial charge in [0.25, 0.3) is 5.56 Å². The molecule has 3 nitrogen and oxygen atoms in total. The standard InChI is InChI=1S/C5H4ClFN2O/c6-4-2(8)1-3(7)9-5(4)10/h1H,(H3,8,9,10). The Kier molecular flexibility index (Phi) is 1.63. The first-order valence-electron chi connectivity index (χ1n) is 2.45. The van der Waals surface area contributed by atoms with Crippen molar-refractivity contribution >= 4 is 17.3 Å². The van der Waals surface area contributed by atoms with Gasteiger partial charge in [0.2, 0.25) is 0 Å². The van der Waals surface area contributed by atoms with E-state index in [0.29, 0.717) is 0 Å². The number of hydrogen-bond acceptors (Lipinski definition) is 2. The van der Waals surface area contributed by atoms with Crippen molar-refractivity contribution in [3.8, 4) is 0 Å². The van der Waals surface area contributed by atoms with Gasteiger partial charge in [-0.3, -0.25) is 9.78 Å². The predicted octanol–water partition coefficient (Wildman–Crippen LogP) is 0.750. The molecule has 54 valence electrons. The predicted molar refractivity (Wildman–Crippen MR) is 36.4 cm³/mol. The van der Waals surface area contributed by atoms with Crippen molar-refractivity contribution < 1.29 is 4.39 Å². The van der Waals surface area contributed by atoms with Crippen LogP contribution in [0.2, 0.25) is 5.02 Å². The third kappa shape index (κ3) is 1.11. The number of rotatable bonds is 0. The van der Waals surface area contributed by atoms with Crippen LogP contribution in [0.3, 0.4) is 0 Å². The lowest BCUT2D eigenvalue weighted by Crippen LogP contribution is -2.10. The lowest BCUT2D eigenvalue weighted by atomic mass is 10.4. The van der Waals surface area contributed by atoms with Crippen molar-refractivity contribution in [2.45, 2.75) is 0 Å². The topological polar surface area (TPSA) is 58.9 Å². The van der Waals surface area contributed by atoms with Gasteiger partial charge in [-0.15, -0.1) is 0 Å². The maximum absolute atomic E-state index is 12.2. The van der Waals surface area contributed by atoms with Crippen molar-refractivity contribution in [2.24, 2.45) is 0 Å². The van der Waals surface area contributed by atoms with Crippen LogP contribution >= 0.6 is 11.6 Å². The van der Waals surface area contributed by atoms with Gasteiger partial charge in [-0.1, -0.05) is 11.6 Å². The number of H-pyrrole nitrogens is 1. The first-order valence-corrected chi connectivity index (χ1v) is 2.83. The smallest absolute Gasteiger partial charge is 0.271 e. The Morgan fingerprint density at radius 3 is 2.80 bits per heavy atom. The summed E-state index contributed by atoms with van der Waals surface area (Å²) in [6, 6.07) is 0.948. The highest BCUT2D eigenvalue weighted by atomic mass is 35.5. The SMILES string of the molecule is Nc1cc(F)[nH]c(=O)c1Cl. The second kappa shape index (κ2) is 2.30. The van der Waals surface area contributed by atoms with E-state index in [9.17, 15) is 9.18 Å². The lowest BCUT2D eigenvalue weighted by Gasteiger charge is -1.94. The number of nitrogen functional groups attached to an aromatic ring is 1. The third-order valence-corrected chi connectivity index (χ3v) is 1.36. The Hall–Kier alpha value is -1.03. The Bertz CT molecular complexity index is 309. The van der Waals surface area contributed by atoms with E-state index in [2.05, 4.69) is 0 Å². The molecule has 0 saturated heterocycles. The van der Waals surface area contributed by atoms with E-state index in [-0.39, 0.29) is 10.7 Å². The summed E-state index contributed by atoms with van der Waals surface area (Å²) in [5, 5.41) is -0.179. The van der Waals surface area contributed by atoms with Gasteiger partial charge in [0, 0.05) is 6.07 Å². The molecule has 0 aliphatic rings. The fraction of sp³-hybridized carbons (Fsp3) is 0. The molecule has 0 bridgehead atoms. The number of aromatic nitrogens is 1. The number of hydrogen-bond donors (Lipinski definition) is 2. The summed E-state index contributed by atoms with van der Waals surface area (Å²) >= 11 is 5.31. The van der Waals surface area contributed by atoms with Crippen molar-refractivity contribution in [1.29, 1.82) is 0 Å². The molecule has 5 heteroatoms. The van der Waals surface area contributed by atoms with Crippen molar-refractivity contribution in [3.63, 3.8) is 0 Å². The van der Waals surface area contributed by atoms with Crippen LogP contribution in [-0.4, -0.2) is 4.98 Å². The van der Waals surface area contributed by atoms with E-state index in [1.54, 1.807) is 0 Å². The summed E-state index contributed by atoms with van der Waals surface area (Å²) in [7, 11) is 0. The number of nitrogens with two attached hydrogens (primary N) is 1. The molecule has 3 N–H and O–H groups in total. The van der Waals surface area contributed by atoms with Crippen LogP contribution in [-0.2, 0) is 0 Å². The molecule has 0 fully saturated rings. The quantitative estimate of drug-likeness (QED) is 0.553. The summed E-state index contributed by atoms with van der Waals surface area (Å²) in [5.74, 6) is -0.785. The first-order chi connectivity index (χ1) is 4.61. The summed E-state index contributed by atoms with van der Waals surface area (Å²) in [4.78, 5) is 12.4. The van der Waals surface area contributed by atoms with Crippen molar-refractivity contribution in [1.82, 2.24) is 4.98 Å². The zero-order valence-corrected chi connectivity index (χ0v) is 5.57. The van der Waals surface area contributed by atoms with Crippen LogP contribution in [0.4, 0.5) is 10.1 Å². The molecule has 0 atom stereocenters. The summed E-state index contributed by atoms with van der Waals surface area (Å²) < 4.78 is 12.2. The van der Waals surface area contributed by atoms with E-state index in [1.807, 2.05) is 4.98 Å². The number of anilines is 1. The average molecular weight is 163 g/mol. The molecule has 0 radical (unpaired) electrons. The van der Waals surface area contributed by atoms with Crippen LogP contribution in [0.25, 0.3) is 0 Å². The second-order valence-corrected chi connectivity index (χ2v) is 2.09. The number of nitrogens with one attached hydrogen (secondary N) is 1. The molecule has 0 amide bonds. The fourth-order valence-electron chi connectivity index (χ4n) is 0.530. The van der Waals surface area contributed by atoms with E-state index >= 15 is 0 Å². The third-order valence-electron chi connectivity index (χ3n) is 0.968. The minimum Gasteiger partial charge on any atom is -0.397 e. The molecular weight excluding hydrogens is 159 g/mol. The fourth-order valence-corrected chi connectivity index (χ4v) is 0.632. The Morgan fingerprint density at radius 2 is 2.30 bits per heavy atom. The van der Waals surface area contributed by atoms with Crippen LogP contribution in [0.15, 0.2) is 10.9 Å². The molecule has 0 aliphatic carbocycles. The van der Waals surface area contributed by atoms with Gasteiger partial charge in [0.15, 0.2) is 5.95 Å². The molecule has 0 aromatic carbocycles. The number of halogens is 2. The molecule has 0 saturated carbocycles. The first kappa shape index (κ1) is 7.08. The minimum atomic E-state index is -0.785. The molecular formula is C5H4ClFN2O. The van der Waals surface area contributed by atoms with E-state index < -0.39 is 11.5 Å². The Morgan fingerprint density at radius 1 is 1.70 bits per heavy atom. The van der Waals surface area contributed by atoms with Gasteiger partial charge in [-0.05, 0) is 0 Å². The van der Waals surface area contributed by atoms with Gasteiger partial charge < -0.3 is 5.73 Å². The van der Waals surface area contributed by atoms with E-state index in [1.165, 1.54) is 0 Å². The summed E-state index contributed by atoms with van der Waals surface area (Å²) in [6.07, 6.45) is 0. The number of pyridine rings is 1. The Balaban J connectivity index is 3.46. The van der Waals surface area contributed by atoms with Crippen LogP contribution in [0, 0.1) is 5.95 Å². The molecule has 0 unspecified atom stereocenters. The van der Waals surface area contributed by atoms with Gasteiger partial charge >= 0.3 is 0 Å². The van der Waals surface area contributed by atoms with Crippen LogP contribution in [0.1, 0.15) is 0 Å². The molecule has 1 rings (SSSR count). The largest absolute Gasteiger partial charge is 0.397 e. The molecule has 1 heterocycles. The molecule has 0 spiro atoms. The van der Waals surface area contributed by atoms with Crippen molar-refractivity contribution in [2.75, 3.05) is 5.73 Å². The molecule has 10 heavy (non-hydrogen) atoms. The summed E-state index contributed by atoms with van der Waals surface area (Å²) in [6.45, 7) is 0. The maximum Gasteiger partial charge on any atom is 0.271 e. The minimum absolute atomic E-state index is 0.0529.